The predicted molar refractivity (Wildman–Crippen MR) is 56.0 cm³/mol. The molecule has 0 fully saturated rings. The van der Waals surface area contributed by atoms with E-state index in [9.17, 15) is 9.59 Å². The van der Waals surface area contributed by atoms with Gasteiger partial charge in [-0.25, -0.2) is 9.59 Å². The van der Waals surface area contributed by atoms with Gasteiger partial charge < -0.3 is 14.3 Å². The van der Waals surface area contributed by atoms with Crippen molar-refractivity contribution in [1.29, 1.82) is 0 Å². The molecule has 0 aliphatic heterocycles. The molecular formula is C11H8O5. The lowest BCUT2D eigenvalue weighted by molar-refractivity contribution is 0.0692. The van der Waals surface area contributed by atoms with Gasteiger partial charge in [0.25, 0.3) is 0 Å². The van der Waals surface area contributed by atoms with E-state index in [4.69, 9.17) is 14.3 Å². The predicted octanol–water partition coefficient (Wildman–Crippen LogP) is 1.50. The molecule has 1 heterocycles. The first-order chi connectivity index (χ1) is 7.63. The lowest BCUT2D eigenvalue weighted by Crippen LogP contribution is -2.12. The molecule has 0 bridgehead atoms. The van der Waals surface area contributed by atoms with Crippen LogP contribution in [0, 0.1) is 0 Å². The summed E-state index contributed by atoms with van der Waals surface area (Å²) in [6.07, 6.45) is 0. The summed E-state index contributed by atoms with van der Waals surface area (Å²) < 4.78 is 9.93. The number of carbonyl (C=O) groups is 1. The van der Waals surface area contributed by atoms with E-state index in [0.29, 0.717) is 16.7 Å². The minimum absolute atomic E-state index is 0.300. The first kappa shape index (κ1) is 10.2. The van der Waals surface area contributed by atoms with Crippen molar-refractivity contribution in [3.63, 3.8) is 0 Å². The van der Waals surface area contributed by atoms with Gasteiger partial charge in [0.2, 0.25) is 0 Å². The number of ether oxygens (including phenoxy) is 1. The second-order valence-corrected chi connectivity index (χ2v) is 3.12. The van der Waals surface area contributed by atoms with Crippen LogP contribution in [0.3, 0.4) is 0 Å². The van der Waals surface area contributed by atoms with E-state index in [1.807, 2.05) is 0 Å². The van der Waals surface area contributed by atoms with Crippen molar-refractivity contribution in [3.8, 4) is 5.75 Å². The first-order valence-corrected chi connectivity index (χ1v) is 4.47. The maximum absolute atomic E-state index is 11.3. The van der Waals surface area contributed by atoms with Crippen LogP contribution in [-0.4, -0.2) is 18.2 Å². The minimum atomic E-state index is -1.32. The van der Waals surface area contributed by atoms with Crippen LogP contribution in [-0.2, 0) is 0 Å². The maximum Gasteiger partial charge on any atom is 0.351 e. The summed E-state index contributed by atoms with van der Waals surface area (Å²) in [4.78, 5) is 22.1. The van der Waals surface area contributed by atoms with Gasteiger partial charge in [-0.05, 0) is 18.2 Å². The Balaban J connectivity index is 2.85. The molecule has 0 saturated heterocycles. The summed E-state index contributed by atoms with van der Waals surface area (Å²) in [6.45, 7) is 0. The number of aromatic carboxylic acids is 1. The Morgan fingerprint density at radius 1 is 1.44 bits per heavy atom. The van der Waals surface area contributed by atoms with Crippen molar-refractivity contribution >= 4 is 16.9 Å². The van der Waals surface area contributed by atoms with E-state index in [2.05, 4.69) is 0 Å². The van der Waals surface area contributed by atoms with Crippen molar-refractivity contribution in [1.82, 2.24) is 0 Å². The van der Waals surface area contributed by atoms with Crippen LogP contribution < -0.4 is 10.4 Å². The average Bonchev–Trinajstić information content (AvgIpc) is 2.26. The van der Waals surface area contributed by atoms with Gasteiger partial charge in [0, 0.05) is 0 Å². The van der Waals surface area contributed by atoms with E-state index in [1.165, 1.54) is 13.2 Å². The third-order valence-electron chi connectivity index (χ3n) is 2.19. The molecule has 5 heteroatoms. The summed E-state index contributed by atoms with van der Waals surface area (Å²) in [7, 11) is 1.46. The Morgan fingerprint density at radius 3 is 2.81 bits per heavy atom. The van der Waals surface area contributed by atoms with Crippen molar-refractivity contribution in [3.05, 3.63) is 40.2 Å². The van der Waals surface area contributed by atoms with Gasteiger partial charge in [-0.15, -0.1) is 0 Å². The van der Waals surface area contributed by atoms with Crippen LogP contribution in [0.15, 0.2) is 33.5 Å². The second-order valence-electron chi connectivity index (χ2n) is 3.12. The molecule has 2 aromatic rings. The second kappa shape index (κ2) is 3.69. The van der Waals surface area contributed by atoms with Crippen LogP contribution in [0.25, 0.3) is 11.0 Å². The molecule has 1 aromatic heterocycles. The summed E-state index contributed by atoms with van der Waals surface area (Å²) in [5.74, 6) is -0.856. The molecule has 0 atom stereocenters. The molecule has 82 valence electrons. The van der Waals surface area contributed by atoms with E-state index in [-0.39, 0.29) is 0 Å². The van der Waals surface area contributed by atoms with Crippen LogP contribution in [0.5, 0.6) is 5.75 Å². The van der Waals surface area contributed by atoms with E-state index >= 15 is 0 Å². The topological polar surface area (TPSA) is 76.7 Å². The Morgan fingerprint density at radius 2 is 2.19 bits per heavy atom. The number of benzene rings is 1. The highest BCUT2D eigenvalue weighted by Gasteiger charge is 2.13. The molecule has 2 rings (SSSR count). The van der Waals surface area contributed by atoms with Gasteiger partial charge in [-0.1, -0.05) is 6.07 Å². The van der Waals surface area contributed by atoms with Crippen molar-refractivity contribution in [2.75, 3.05) is 7.11 Å². The molecule has 0 radical (unpaired) electrons. The summed E-state index contributed by atoms with van der Waals surface area (Å²) >= 11 is 0. The molecule has 0 aliphatic rings. The summed E-state index contributed by atoms with van der Waals surface area (Å²) in [5, 5.41) is 9.25. The number of carboxylic acid groups (broad SMARTS) is 1. The van der Waals surface area contributed by atoms with Crippen LogP contribution >= 0.6 is 0 Å². The molecule has 0 unspecified atom stereocenters. The first-order valence-electron chi connectivity index (χ1n) is 4.47. The van der Waals surface area contributed by atoms with Gasteiger partial charge in [0.1, 0.15) is 16.9 Å². The molecule has 1 aromatic carbocycles. The molecule has 1 N–H and O–H groups in total. The third-order valence-corrected chi connectivity index (χ3v) is 2.19. The van der Waals surface area contributed by atoms with Crippen molar-refractivity contribution in [2.24, 2.45) is 0 Å². The summed E-state index contributed by atoms with van der Waals surface area (Å²) in [5.41, 5.74) is -0.973. The number of fused-ring (bicyclic) bond motifs is 1. The van der Waals surface area contributed by atoms with E-state index in [1.54, 1.807) is 18.2 Å². The van der Waals surface area contributed by atoms with E-state index in [0.717, 1.165) is 0 Å². The average molecular weight is 220 g/mol. The normalized spacial score (nSPS) is 10.3. The Labute approximate surface area is 89.9 Å². The smallest absolute Gasteiger partial charge is 0.351 e. The fourth-order valence-electron chi connectivity index (χ4n) is 1.44. The quantitative estimate of drug-likeness (QED) is 0.776. The summed E-state index contributed by atoms with van der Waals surface area (Å²) in [6, 6.07) is 6.14. The number of rotatable bonds is 2. The lowest BCUT2D eigenvalue weighted by Gasteiger charge is -2.04. The zero-order valence-electron chi connectivity index (χ0n) is 8.39. The zero-order chi connectivity index (χ0) is 11.7. The molecule has 16 heavy (non-hydrogen) atoms. The lowest BCUT2D eigenvalue weighted by atomic mass is 10.1. The molecular weight excluding hydrogens is 212 g/mol. The molecule has 0 spiro atoms. The zero-order valence-corrected chi connectivity index (χ0v) is 8.39. The van der Waals surface area contributed by atoms with Gasteiger partial charge in [-0.2, -0.15) is 0 Å². The molecule has 5 nitrogen and oxygen atoms in total. The van der Waals surface area contributed by atoms with Gasteiger partial charge in [-0.3, -0.25) is 0 Å². The number of hydrogen-bond donors (Lipinski definition) is 1. The maximum atomic E-state index is 11.3. The van der Waals surface area contributed by atoms with Gasteiger partial charge >= 0.3 is 11.6 Å². The number of carboxylic acids is 1. The highest BCUT2D eigenvalue weighted by Crippen LogP contribution is 2.24. The minimum Gasteiger partial charge on any atom is -0.496 e. The van der Waals surface area contributed by atoms with Crippen LogP contribution in [0.1, 0.15) is 10.4 Å². The molecule has 0 amide bonds. The highest BCUT2D eigenvalue weighted by molar-refractivity contribution is 5.93. The van der Waals surface area contributed by atoms with Crippen molar-refractivity contribution < 1.29 is 19.1 Å². The van der Waals surface area contributed by atoms with E-state index < -0.39 is 17.2 Å². The number of methoxy groups -OCH3 is 1. The van der Waals surface area contributed by atoms with Gasteiger partial charge in [0.05, 0.1) is 12.5 Å². The van der Waals surface area contributed by atoms with Crippen molar-refractivity contribution in [2.45, 2.75) is 0 Å². The molecule has 0 aliphatic carbocycles. The Bertz CT molecular complexity index is 611. The SMILES string of the molecule is COc1cccc2oc(=O)c(C(=O)O)cc12. The standard InChI is InChI=1S/C11H8O5/c1-15-8-3-2-4-9-6(8)5-7(10(12)13)11(14)16-9/h2-5H,1H3,(H,12,13). The Kier molecular flexibility index (Phi) is 2.36. The largest absolute Gasteiger partial charge is 0.496 e. The van der Waals surface area contributed by atoms with Crippen LogP contribution in [0.4, 0.5) is 0 Å². The fourth-order valence-corrected chi connectivity index (χ4v) is 1.44. The Hall–Kier alpha value is -2.30. The van der Waals surface area contributed by atoms with Crippen LogP contribution in [0.2, 0.25) is 0 Å². The number of hydrogen-bond acceptors (Lipinski definition) is 4. The van der Waals surface area contributed by atoms with Gasteiger partial charge in [0.15, 0.2) is 0 Å². The fraction of sp³-hybridized carbons (Fsp3) is 0.0909. The monoisotopic (exact) mass is 220 g/mol. The third kappa shape index (κ3) is 1.52. The highest BCUT2D eigenvalue weighted by atomic mass is 16.5. The molecule has 0 saturated carbocycles.